The van der Waals surface area contributed by atoms with Crippen LogP contribution in [0.5, 0.6) is 0 Å². The lowest BCUT2D eigenvalue weighted by atomic mass is 9.99. The fourth-order valence-electron chi connectivity index (χ4n) is 1.85. The van der Waals surface area contributed by atoms with Gasteiger partial charge in [-0.3, -0.25) is 0 Å². The molecule has 0 spiro atoms. The second kappa shape index (κ2) is 5.11. The molecular weight excluding hydrogens is 215 g/mol. The number of aryl methyl sites for hydroxylation is 1. The molecular formula is C15H15FO. The number of rotatable bonds is 3. The molecule has 1 unspecified atom stereocenters. The standard InChI is InChI=1S/C15H15FO/c1-2-11-8-9-13(10-14(11)16)15(17)12-6-4-3-5-7-12/h3-10,15,17H,2H2,1H3. The molecule has 0 saturated heterocycles. The van der Waals surface area contributed by atoms with Crippen LogP contribution in [0.3, 0.4) is 0 Å². The fourth-order valence-corrected chi connectivity index (χ4v) is 1.85. The van der Waals surface area contributed by atoms with Crippen LogP contribution in [0.15, 0.2) is 48.5 Å². The minimum absolute atomic E-state index is 0.250. The lowest BCUT2D eigenvalue weighted by Crippen LogP contribution is -2.01. The first kappa shape index (κ1) is 11.8. The van der Waals surface area contributed by atoms with Gasteiger partial charge in [0.1, 0.15) is 11.9 Å². The Hall–Kier alpha value is -1.67. The Morgan fingerprint density at radius 3 is 2.35 bits per heavy atom. The molecule has 17 heavy (non-hydrogen) atoms. The van der Waals surface area contributed by atoms with E-state index in [2.05, 4.69) is 0 Å². The van der Waals surface area contributed by atoms with Crippen LogP contribution < -0.4 is 0 Å². The molecule has 1 N–H and O–H groups in total. The molecule has 0 aromatic heterocycles. The van der Waals surface area contributed by atoms with Gasteiger partial charge in [0.15, 0.2) is 0 Å². The van der Waals surface area contributed by atoms with E-state index < -0.39 is 6.10 Å². The lowest BCUT2D eigenvalue weighted by molar-refractivity contribution is 0.220. The Balaban J connectivity index is 2.32. The topological polar surface area (TPSA) is 20.2 Å². The van der Waals surface area contributed by atoms with Gasteiger partial charge in [-0.05, 0) is 29.2 Å². The van der Waals surface area contributed by atoms with Gasteiger partial charge in [0.25, 0.3) is 0 Å². The third-order valence-corrected chi connectivity index (χ3v) is 2.89. The van der Waals surface area contributed by atoms with E-state index in [9.17, 15) is 9.50 Å². The molecule has 0 amide bonds. The zero-order valence-corrected chi connectivity index (χ0v) is 9.73. The molecule has 2 aromatic rings. The van der Waals surface area contributed by atoms with E-state index >= 15 is 0 Å². The Morgan fingerprint density at radius 1 is 1.06 bits per heavy atom. The molecule has 0 fully saturated rings. The summed E-state index contributed by atoms with van der Waals surface area (Å²) in [6.45, 7) is 1.91. The maximum atomic E-state index is 13.6. The predicted octanol–water partition coefficient (Wildman–Crippen LogP) is 3.47. The highest BCUT2D eigenvalue weighted by atomic mass is 19.1. The zero-order chi connectivity index (χ0) is 12.3. The molecule has 2 rings (SSSR count). The van der Waals surface area contributed by atoms with Gasteiger partial charge in [-0.15, -0.1) is 0 Å². The van der Waals surface area contributed by atoms with Crippen molar-refractivity contribution < 1.29 is 9.50 Å². The van der Waals surface area contributed by atoms with Crippen LogP contribution in [0, 0.1) is 5.82 Å². The maximum absolute atomic E-state index is 13.6. The molecule has 2 aromatic carbocycles. The number of halogens is 1. The van der Waals surface area contributed by atoms with Gasteiger partial charge in [0.2, 0.25) is 0 Å². The maximum Gasteiger partial charge on any atom is 0.126 e. The monoisotopic (exact) mass is 230 g/mol. The summed E-state index contributed by atoms with van der Waals surface area (Å²) in [4.78, 5) is 0. The summed E-state index contributed by atoms with van der Waals surface area (Å²) in [6, 6.07) is 14.2. The van der Waals surface area contributed by atoms with E-state index in [0.29, 0.717) is 17.5 Å². The fraction of sp³-hybridized carbons (Fsp3) is 0.200. The molecule has 0 bridgehead atoms. The average molecular weight is 230 g/mol. The summed E-state index contributed by atoms with van der Waals surface area (Å²) in [5, 5.41) is 10.1. The third-order valence-electron chi connectivity index (χ3n) is 2.89. The molecule has 0 aliphatic heterocycles. The molecule has 0 radical (unpaired) electrons. The third kappa shape index (κ3) is 2.53. The van der Waals surface area contributed by atoms with E-state index in [1.165, 1.54) is 6.07 Å². The van der Waals surface area contributed by atoms with E-state index in [4.69, 9.17) is 0 Å². The van der Waals surface area contributed by atoms with Crippen molar-refractivity contribution in [1.82, 2.24) is 0 Å². The van der Waals surface area contributed by atoms with E-state index in [-0.39, 0.29) is 5.82 Å². The molecule has 2 heteroatoms. The molecule has 1 nitrogen and oxygen atoms in total. The van der Waals surface area contributed by atoms with Gasteiger partial charge in [-0.1, -0.05) is 49.4 Å². The smallest absolute Gasteiger partial charge is 0.126 e. The number of aliphatic hydroxyl groups excluding tert-OH is 1. The lowest BCUT2D eigenvalue weighted by Gasteiger charge is -2.12. The molecule has 0 saturated carbocycles. The Labute approximate surface area is 101 Å². The quantitative estimate of drug-likeness (QED) is 0.856. The second-order valence-electron chi connectivity index (χ2n) is 4.02. The molecule has 88 valence electrons. The SMILES string of the molecule is CCc1ccc(C(O)c2ccccc2)cc1F. The first-order valence-electron chi connectivity index (χ1n) is 5.73. The van der Waals surface area contributed by atoms with Crippen LogP contribution in [0.25, 0.3) is 0 Å². The highest BCUT2D eigenvalue weighted by Crippen LogP contribution is 2.23. The summed E-state index contributed by atoms with van der Waals surface area (Å²) in [5.41, 5.74) is 2.04. The van der Waals surface area contributed by atoms with Crippen LogP contribution in [0.2, 0.25) is 0 Å². The van der Waals surface area contributed by atoms with E-state index in [0.717, 1.165) is 5.56 Å². The average Bonchev–Trinajstić information content (AvgIpc) is 2.39. The van der Waals surface area contributed by atoms with Crippen molar-refractivity contribution >= 4 is 0 Å². The predicted molar refractivity (Wildman–Crippen MR) is 66.3 cm³/mol. The van der Waals surface area contributed by atoms with Crippen molar-refractivity contribution in [2.24, 2.45) is 0 Å². The highest BCUT2D eigenvalue weighted by molar-refractivity contribution is 5.32. The van der Waals surface area contributed by atoms with Gasteiger partial charge < -0.3 is 5.11 Å². The number of hydrogen-bond acceptors (Lipinski definition) is 1. The van der Waals surface area contributed by atoms with Crippen molar-refractivity contribution in [2.45, 2.75) is 19.4 Å². The van der Waals surface area contributed by atoms with E-state index in [1.807, 2.05) is 37.3 Å². The van der Waals surface area contributed by atoms with Crippen molar-refractivity contribution in [1.29, 1.82) is 0 Å². The van der Waals surface area contributed by atoms with Gasteiger partial charge in [-0.25, -0.2) is 4.39 Å². The summed E-state index contributed by atoms with van der Waals surface area (Å²) >= 11 is 0. The van der Waals surface area contributed by atoms with Gasteiger partial charge >= 0.3 is 0 Å². The molecule has 0 aliphatic carbocycles. The van der Waals surface area contributed by atoms with Crippen molar-refractivity contribution in [2.75, 3.05) is 0 Å². The number of aliphatic hydroxyl groups is 1. The van der Waals surface area contributed by atoms with Gasteiger partial charge in [0.05, 0.1) is 0 Å². The van der Waals surface area contributed by atoms with Gasteiger partial charge in [0, 0.05) is 0 Å². The Bertz CT molecular complexity index is 494. The summed E-state index contributed by atoms with van der Waals surface area (Å²) < 4.78 is 13.6. The van der Waals surface area contributed by atoms with Crippen molar-refractivity contribution in [3.05, 3.63) is 71.0 Å². The minimum atomic E-state index is -0.767. The van der Waals surface area contributed by atoms with Crippen LogP contribution in [-0.2, 0) is 6.42 Å². The highest BCUT2D eigenvalue weighted by Gasteiger charge is 2.11. The largest absolute Gasteiger partial charge is 0.384 e. The number of hydrogen-bond donors (Lipinski definition) is 1. The van der Waals surface area contributed by atoms with Crippen LogP contribution in [-0.4, -0.2) is 5.11 Å². The first-order chi connectivity index (χ1) is 8.22. The zero-order valence-electron chi connectivity index (χ0n) is 9.73. The molecule has 0 aliphatic rings. The van der Waals surface area contributed by atoms with Crippen LogP contribution in [0.4, 0.5) is 4.39 Å². The van der Waals surface area contributed by atoms with Gasteiger partial charge in [-0.2, -0.15) is 0 Å². The van der Waals surface area contributed by atoms with Crippen LogP contribution in [0.1, 0.15) is 29.7 Å². The summed E-state index contributed by atoms with van der Waals surface area (Å²) in [5.74, 6) is -0.250. The second-order valence-corrected chi connectivity index (χ2v) is 4.02. The normalized spacial score (nSPS) is 12.4. The van der Waals surface area contributed by atoms with Crippen LogP contribution >= 0.6 is 0 Å². The Kier molecular flexibility index (Phi) is 3.55. The number of benzene rings is 2. The Morgan fingerprint density at radius 2 is 1.76 bits per heavy atom. The first-order valence-corrected chi connectivity index (χ1v) is 5.73. The molecule has 1 atom stereocenters. The molecule has 0 heterocycles. The van der Waals surface area contributed by atoms with E-state index in [1.54, 1.807) is 12.1 Å². The summed E-state index contributed by atoms with van der Waals surface area (Å²) in [6.07, 6.45) is -0.107. The summed E-state index contributed by atoms with van der Waals surface area (Å²) in [7, 11) is 0. The van der Waals surface area contributed by atoms with Crippen molar-refractivity contribution in [3.63, 3.8) is 0 Å². The minimum Gasteiger partial charge on any atom is -0.384 e. The van der Waals surface area contributed by atoms with Crippen molar-refractivity contribution in [3.8, 4) is 0 Å².